The fraction of sp³-hybridized carbons (Fsp3) is 0.640. The van der Waals surface area contributed by atoms with Crippen LogP contribution in [-0.2, 0) is 16.1 Å². The number of hydrogen-bond donors (Lipinski definition) is 1. The second-order valence-corrected chi connectivity index (χ2v) is 10.3. The Kier molecular flexibility index (Phi) is 6.16. The zero-order chi connectivity index (χ0) is 24.0. The van der Waals surface area contributed by atoms with Gasteiger partial charge in [-0.15, -0.1) is 0 Å². The fourth-order valence-electron chi connectivity index (χ4n) is 6.09. The Labute approximate surface area is 196 Å². The number of benzene rings is 1. The van der Waals surface area contributed by atoms with Crippen LogP contribution < -0.4 is 5.32 Å². The topological polar surface area (TPSA) is 69.7 Å². The Morgan fingerprint density at radius 1 is 1.00 bits per heavy atom. The highest BCUT2D eigenvalue weighted by Gasteiger charge is 2.41. The molecule has 184 valence electrons. The van der Waals surface area contributed by atoms with E-state index in [4.69, 9.17) is 0 Å². The molecule has 3 heterocycles. The molecule has 1 saturated carbocycles. The highest BCUT2D eigenvalue weighted by Crippen LogP contribution is 2.39. The Morgan fingerprint density at radius 2 is 1.71 bits per heavy atom. The molecule has 0 radical (unpaired) electrons. The van der Waals surface area contributed by atoms with E-state index < -0.39 is 23.7 Å². The number of nitrogens with zero attached hydrogens (tertiary/aromatic N) is 2. The van der Waals surface area contributed by atoms with Gasteiger partial charge < -0.3 is 9.80 Å². The molecule has 1 aliphatic carbocycles. The third-order valence-corrected chi connectivity index (χ3v) is 8.04. The Morgan fingerprint density at radius 3 is 2.38 bits per heavy atom. The molecule has 1 N–H and O–H groups in total. The number of carbonyl (C=O) groups excluding carboxylic acids is 3. The van der Waals surface area contributed by atoms with Crippen molar-refractivity contribution in [3.8, 4) is 0 Å². The summed E-state index contributed by atoms with van der Waals surface area (Å²) in [6.45, 7) is 2.69. The average Bonchev–Trinajstić information content (AvgIpc) is 3.11. The van der Waals surface area contributed by atoms with Gasteiger partial charge in [0.1, 0.15) is 11.9 Å². The lowest BCUT2D eigenvalue weighted by atomic mass is 9.83. The number of piperidine rings is 2. The Bertz CT molecular complexity index is 997. The molecule has 3 aliphatic heterocycles. The Hall–Kier alpha value is -2.42. The van der Waals surface area contributed by atoms with Crippen molar-refractivity contribution < 1.29 is 27.6 Å². The van der Waals surface area contributed by atoms with Crippen molar-refractivity contribution in [3.05, 3.63) is 34.6 Å². The number of amides is 3. The van der Waals surface area contributed by atoms with Crippen LogP contribution in [0.5, 0.6) is 0 Å². The number of imide groups is 1. The van der Waals surface area contributed by atoms with Gasteiger partial charge >= 0.3 is 0 Å². The molecule has 9 heteroatoms. The van der Waals surface area contributed by atoms with Crippen LogP contribution in [0, 0.1) is 11.7 Å². The first-order valence-corrected chi connectivity index (χ1v) is 12.3. The molecule has 4 aliphatic rings. The van der Waals surface area contributed by atoms with Crippen molar-refractivity contribution in [2.75, 3.05) is 19.6 Å². The van der Waals surface area contributed by atoms with Gasteiger partial charge in [0.25, 0.3) is 5.91 Å². The zero-order valence-electron chi connectivity index (χ0n) is 19.1. The molecule has 0 spiro atoms. The molecule has 6 nitrogen and oxygen atoms in total. The van der Waals surface area contributed by atoms with E-state index in [2.05, 4.69) is 10.2 Å². The third kappa shape index (κ3) is 4.59. The molecule has 34 heavy (non-hydrogen) atoms. The van der Waals surface area contributed by atoms with Crippen LogP contribution in [0.15, 0.2) is 12.1 Å². The minimum Gasteiger partial charge on any atom is -0.322 e. The summed E-state index contributed by atoms with van der Waals surface area (Å²) < 4.78 is 41.4. The van der Waals surface area contributed by atoms with Crippen molar-refractivity contribution in [1.29, 1.82) is 0 Å². The number of carbonyl (C=O) groups is 3. The maximum atomic E-state index is 14.5. The van der Waals surface area contributed by atoms with Crippen LogP contribution >= 0.6 is 0 Å². The van der Waals surface area contributed by atoms with Crippen LogP contribution in [0.3, 0.4) is 0 Å². The number of nitrogens with one attached hydrogen (secondary N) is 1. The van der Waals surface area contributed by atoms with E-state index in [1.54, 1.807) is 0 Å². The molecule has 1 aromatic rings. The van der Waals surface area contributed by atoms with Crippen LogP contribution in [0.25, 0.3) is 0 Å². The second kappa shape index (κ2) is 8.98. The number of likely N-dealkylation sites (tertiary alicyclic amines) is 1. The van der Waals surface area contributed by atoms with Crippen molar-refractivity contribution in [2.24, 2.45) is 5.92 Å². The van der Waals surface area contributed by atoms with E-state index in [-0.39, 0.29) is 50.0 Å². The molecule has 3 amide bonds. The van der Waals surface area contributed by atoms with E-state index in [1.165, 1.54) is 17.0 Å². The zero-order valence-corrected chi connectivity index (χ0v) is 19.1. The number of alkyl halides is 2. The summed E-state index contributed by atoms with van der Waals surface area (Å²) in [7, 11) is 0. The van der Waals surface area contributed by atoms with Gasteiger partial charge in [0.2, 0.25) is 17.7 Å². The first-order valence-electron chi connectivity index (χ1n) is 12.3. The maximum Gasteiger partial charge on any atom is 0.255 e. The summed E-state index contributed by atoms with van der Waals surface area (Å²) >= 11 is 0. The largest absolute Gasteiger partial charge is 0.322 e. The lowest BCUT2D eigenvalue weighted by molar-refractivity contribution is -0.136. The molecule has 2 saturated heterocycles. The molecule has 5 rings (SSSR count). The molecule has 1 unspecified atom stereocenters. The second-order valence-electron chi connectivity index (χ2n) is 10.3. The third-order valence-electron chi connectivity index (χ3n) is 8.04. The summed E-state index contributed by atoms with van der Waals surface area (Å²) in [5.74, 6) is -3.76. The molecule has 3 fully saturated rings. The number of halogens is 3. The molecule has 1 aromatic carbocycles. The van der Waals surface area contributed by atoms with Gasteiger partial charge in [-0.3, -0.25) is 19.7 Å². The highest BCUT2D eigenvalue weighted by molar-refractivity contribution is 6.05. The molecule has 0 aromatic heterocycles. The molecular weight excluding hydrogens is 447 g/mol. The quantitative estimate of drug-likeness (QED) is 0.673. The van der Waals surface area contributed by atoms with Crippen LogP contribution in [0.2, 0.25) is 0 Å². The number of hydrogen-bond acceptors (Lipinski definition) is 4. The summed E-state index contributed by atoms with van der Waals surface area (Å²) in [5.41, 5.74) is 1.92. The van der Waals surface area contributed by atoms with Crippen molar-refractivity contribution >= 4 is 17.7 Å². The van der Waals surface area contributed by atoms with Crippen LogP contribution in [0.4, 0.5) is 13.2 Å². The van der Waals surface area contributed by atoms with Gasteiger partial charge in [0, 0.05) is 37.9 Å². The summed E-state index contributed by atoms with van der Waals surface area (Å²) in [4.78, 5) is 40.7. The van der Waals surface area contributed by atoms with Crippen molar-refractivity contribution in [1.82, 2.24) is 15.1 Å². The SMILES string of the molecule is O=C1CCC(N2Cc3c(cc(F)cc3C3CCN(CC4CCC(F)(F)CC4)CC3)C2=O)C(=O)N1. The van der Waals surface area contributed by atoms with Crippen LogP contribution in [-0.4, -0.2) is 59.1 Å². The van der Waals surface area contributed by atoms with E-state index in [9.17, 15) is 27.6 Å². The average molecular weight is 478 g/mol. The summed E-state index contributed by atoms with van der Waals surface area (Å²) in [6, 6.07) is 2.04. The fourth-order valence-corrected chi connectivity index (χ4v) is 6.09. The monoisotopic (exact) mass is 477 g/mol. The van der Waals surface area contributed by atoms with Gasteiger partial charge in [-0.05, 0) is 80.3 Å². The van der Waals surface area contributed by atoms with Gasteiger partial charge in [-0.2, -0.15) is 0 Å². The minimum absolute atomic E-state index is 0.0265. The van der Waals surface area contributed by atoms with Gasteiger partial charge in [-0.1, -0.05) is 0 Å². The lowest BCUT2D eigenvalue weighted by Gasteiger charge is -2.37. The predicted octanol–water partition coefficient (Wildman–Crippen LogP) is 3.59. The maximum absolute atomic E-state index is 14.5. The predicted molar refractivity (Wildman–Crippen MR) is 118 cm³/mol. The Balaban J connectivity index is 1.25. The van der Waals surface area contributed by atoms with Crippen LogP contribution in [0.1, 0.15) is 78.8 Å². The molecule has 1 atom stereocenters. The first-order chi connectivity index (χ1) is 16.2. The normalized spacial score (nSPS) is 26.6. The smallest absolute Gasteiger partial charge is 0.255 e. The number of fused-ring (bicyclic) bond motifs is 1. The van der Waals surface area contributed by atoms with Gasteiger partial charge in [-0.25, -0.2) is 13.2 Å². The lowest BCUT2D eigenvalue weighted by Crippen LogP contribution is -2.52. The van der Waals surface area contributed by atoms with Crippen molar-refractivity contribution in [2.45, 2.75) is 75.8 Å². The molecular formula is C25H30F3N3O3. The van der Waals surface area contributed by atoms with E-state index in [0.29, 0.717) is 24.3 Å². The molecule has 0 bridgehead atoms. The van der Waals surface area contributed by atoms with E-state index >= 15 is 0 Å². The van der Waals surface area contributed by atoms with Gasteiger partial charge in [0.15, 0.2) is 0 Å². The summed E-state index contributed by atoms with van der Waals surface area (Å²) in [5, 5.41) is 2.29. The number of rotatable bonds is 4. The highest BCUT2D eigenvalue weighted by atomic mass is 19.3. The van der Waals surface area contributed by atoms with E-state index in [0.717, 1.165) is 43.6 Å². The van der Waals surface area contributed by atoms with E-state index in [1.807, 2.05) is 0 Å². The van der Waals surface area contributed by atoms with Crippen molar-refractivity contribution in [3.63, 3.8) is 0 Å². The minimum atomic E-state index is -2.51. The first kappa shape index (κ1) is 23.3. The van der Waals surface area contributed by atoms with Gasteiger partial charge in [0.05, 0.1) is 0 Å². The summed E-state index contributed by atoms with van der Waals surface area (Å²) in [6.07, 6.45) is 3.13. The standard InChI is InChI=1S/C25H30F3N3O3/c26-17-11-18(16-5-9-30(10-6-16)13-15-3-7-25(27,28)8-4-15)20-14-31(24(34)19(20)12-17)21-1-2-22(32)29-23(21)33/h11-12,15-16,21H,1-10,13-14H2,(H,29,32,33).